The highest BCUT2D eigenvalue weighted by atomic mass is 35.5. The fraction of sp³-hybridized carbons (Fsp3) is 0.357. The summed E-state index contributed by atoms with van der Waals surface area (Å²) in [5, 5.41) is 14.2. The average molecular weight is 451 g/mol. The fourth-order valence-corrected chi connectivity index (χ4v) is 5.01. The Morgan fingerprint density at radius 2 is 2.11 bits per heavy atom. The van der Waals surface area contributed by atoms with E-state index in [1.165, 1.54) is 18.0 Å². The number of aliphatic carboxylic acids is 1. The molecule has 2 aliphatic heterocycles. The number of fused-ring (bicyclic) bond motifs is 1. The van der Waals surface area contributed by atoms with Gasteiger partial charge in [0.25, 0.3) is 5.91 Å². The lowest BCUT2D eigenvalue weighted by Crippen LogP contribution is -2.70. The van der Waals surface area contributed by atoms with E-state index in [4.69, 9.17) is 23.2 Å². The number of thiazole rings is 1. The van der Waals surface area contributed by atoms with Crippen LogP contribution >= 0.6 is 46.3 Å². The van der Waals surface area contributed by atoms with E-state index in [2.05, 4.69) is 15.6 Å². The second-order valence-electron chi connectivity index (χ2n) is 5.50. The number of carboxylic acids is 1. The number of aromatic nitrogens is 1. The molecular weight excluding hydrogens is 439 g/mol. The minimum atomic E-state index is -1.28. The van der Waals surface area contributed by atoms with Gasteiger partial charge in [0.2, 0.25) is 11.8 Å². The molecular formula is C14H12Cl2N4O5S2. The molecule has 0 bridgehead atoms. The van der Waals surface area contributed by atoms with E-state index < -0.39 is 35.1 Å². The highest BCUT2D eigenvalue weighted by Crippen LogP contribution is 2.41. The lowest BCUT2D eigenvalue weighted by Gasteiger charge is -2.48. The fourth-order valence-electron chi connectivity index (χ4n) is 2.56. The minimum Gasteiger partial charge on any atom is -0.477 e. The van der Waals surface area contributed by atoms with Crippen LogP contribution in [0.15, 0.2) is 16.9 Å². The number of thioether (sulfide) groups is 1. The molecule has 1 saturated heterocycles. The van der Waals surface area contributed by atoms with Gasteiger partial charge in [0.15, 0.2) is 5.13 Å². The number of carbonyl (C=O) groups is 4. The number of carbonyl (C=O) groups excluding carboxylic acids is 3. The number of anilines is 1. The van der Waals surface area contributed by atoms with Crippen molar-refractivity contribution in [2.75, 3.05) is 16.9 Å². The van der Waals surface area contributed by atoms with Crippen LogP contribution in [-0.4, -0.2) is 61.7 Å². The van der Waals surface area contributed by atoms with E-state index in [0.717, 1.165) is 16.2 Å². The monoisotopic (exact) mass is 450 g/mol. The average Bonchev–Trinajstić information content (AvgIpc) is 3.05. The molecule has 3 N–H and O–H groups in total. The number of halogens is 2. The third-order valence-corrected chi connectivity index (χ3v) is 6.60. The van der Waals surface area contributed by atoms with Crippen molar-refractivity contribution in [1.29, 1.82) is 0 Å². The van der Waals surface area contributed by atoms with Crippen molar-refractivity contribution in [3.63, 3.8) is 0 Å². The van der Waals surface area contributed by atoms with E-state index in [0.29, 0.717) is 10.0 Å². The summed E-state index contributed by atoms with van der Waals surface area (Å²) in [6.45, 7) is 0. The van der Waals surface area contributed by atoms with E-state index >= 15 is 0 Å². The van der Waals surface area contributed by atoms with Crippen molar-refractivity contribution >= 4 is 75.1 Å². The van der Waals surface area contributed by atoms with Gasteiger partial charge in [-0.25, -0.2) is 9.78 Å². The predicted octanol–water partition coefficient (Wildman–Crippen LogP) is 0.798. The summed E-state index contributed by atoms with van der Waals surface area (Å²) in [7, 11) is 0. The van der Waals surface area contributed by atoms with Gasteiger partial charge in [-0.1, -0.05) is 11.6 Å². The van der Waals surface area contributed by atoms with Crippen LogP contribution in [0.5, 0.6) is 0 Å². The van der Waals surface area contributed by atoms with Crippen LogP contribution in [0.4, 0.5) is 5.13 Å². The van der Waals surface area contributed by atoms with E-state index in [9.17, 15) is 24.3 Å². The van der Waals surface area contributed by atoms with Crippen LogP contribution in [-0.2, 0) is 25.6 Å². The number of nitrogens with zero attached hydrogens (tertiary/aromatic N) is 2. The van der Waals surface area contributed by atoms with E-state index in [1.54, 1.807) is 0 Å². The Hall–Kier alpha value is -1.82. The van der Waals surface area contributed by atoms with Gasteiger partial charge in [-0.3, -0.25) is 19.3 Å². The van der Waals surface area contributed by atoms with Gasteiger partial charge < -0.3 is 15.7 Å². The van der Waals surface area contributed by atoms with Gasteiger partial charge in [0.05, 0.1) is 11.5 Å². The molecule has 1 aromatic heterocycles. The molecule has 1 unspecified atom stereocenters. The molecule has 144 valence electrons. The van der Waals surface area contributed by atoms with Crippen LogP contribution in [0.25, 0.3) is 0 Å². The van der Waals surface area contributed by atoms with Crippen LogP contribution < -0.4 is 10.6 Å². The first kappa shape index (κ1) is 19.9. The molecule has 0 spiro atoms. The summed E-state index contributed by atoms with van der Waals surface area (Å²) in [5.41, 5.74) is -0.238. The molecule has 0 radical (unpaired) electrons. The normalized spacial score (nSPS) is 21.4. The van der Waals surface area contributed by atoms with Gasteiger partial charge in [0, 0.05) is 16.8 Å². The first-order valence-electron chi connectivity index (χ1n) is 7.48. The molecule has 0 aromatic carbocycles. The number of rotatable bonds is 6. The van der Waals surface area contributed by atoms with Crippen molar-refractivity contribution in [1.82, 2.24) is 15.2 Å². The van der Waals surface area contributed by atoms with Crippen LogP contribution in [0, 0.1) is 0 Å². The Balaban J connectivity index is 1.59. The zero-order valence-electron chi connectivity index (χ0n) is 13.4. The highest BCUT2D eigenvalue weighted by Gasteiger charge is 2.54. The topological polar surface area (TPSA) is 129 Å². The lowest BCUT2D eigenvalue weighted by atomic mass is 10.0. The van der Waals surface area contributed by atoms with Crippen molar-refractivity contribution in [2.45, 2.75) is 17.8 Å². The summed E-state index contributed by atoms with van der Waals surface area (Å²) < 4.78 is 0. The van der Waals surface area contributed by atoms with E-state index in [-0.39, 0.29) is 28.8 Å². The van der Waals surface area contributed by atoms with Gasteiger partial charge in [-0.2, -0.15) is 0 Å². The Kier molecular flexibility index (Phi) is 5.94. The van der Waals surface area contributed by atoms with Crippen molar-refractivity contribution in [2.24, 2.45) is 0 Å². The maximum atomic E-state index is 12.3. The molecule has 3 heterocycles. The van der Waals surface area contributed by atoms with Crippen LogP contribution in [0.3, 0.4) is 0 Å². The number of hydrogen-bond donors (Lipinski definition) is 3. The number of hydrogen-bond acceptors (Lipinski definition) is 7. The number of β-lactam (4-membered cyclic amide) rings is 1. The first-order valence-corrected chi connectivity index (χ1v) is 10.3. The number of amides is 3. The second kappa shape index (κ2) is 8.05. The Morgan fingerprint density at radius 3 is 2.78 bits per heavy atom. The summed E-state index contributed by atoms with van der Waals surface area (Å²) in [5.74, 6) is -2.56. The van der Waals surface area contributed by atoms with E-state index in [1.807, 2.05) is 0 Å². The zero-order chi connectivity index (χ0) is 19.7. The SMILES string of the molecule is O=C(CCl)Nc1ncc(CC(=O)NC2C(=O)N3C(C(=O)O)=C(Cl)CS[C@@H]23)s1. The summed E-state index contributed by atoms with van der Waals surface area (Å²) in [6, 6.07) is -0.815. The van der Waals surface area contributed by atoms with Gasteiger partial charge in [0.1, 0.15) is 23.0 Å². The molecule has 2 aliphatic rings. The van der Waals surface area contributed by atoms with Gasteiger partial charge >= 0.3 is 5.97 Å². The summed E-state index contributed by atoms with van der Waals surface area (Å²) >= 11 is 13.7. The molecule has 13 heteroatoms. The summed E-state index contributed by atoms with van der Waals surface area (Å²) in [6.07, 6.45) is 1.42. The first-order chi connectivity index (χ1) is 12.8. The number of nitrogens with one attached hydrogen (secondary N) is 2. The minimum absolute atomic E-state index is 0.0298. The maximum Gasteiger partial charge on any atom is 0.353 e. The standard InChI is InChI=1S/C14H12Cl2N4O5S2/c15-2-8(22)19-14-17-3-5(27-14)1-7(21)18-9-11(23)20-10(13(24)25)6(16)4-26-12(9)20/h3,9,12H,1-2,4H2,(H,18,21)(H,24,25)(H,17,19,22)/t9?,12-/m0/s1. The molecule has 3 amide bonds. The maximum absolute atomic E-state index is 12.3. The molecule has 0 aliphatic carbocycles. The Morgan fingerprint density at radius 1 is 1.37 bits per heavy atom. The third kappa shape index (κ3) is 4.05. The quantitative estimate of drug-likeness (QED) is 0.431. The van der Waals surface area contributed by atoms with Crippen molar-refractivity contribution in [3.8, 4) is 0 Å². The molecule has 1 aromatic rings. The Bertz CT molecular complexity index is 858. The molecule has 27 heavy (non-hydrogen) atoms. The largest absolute Gasteiger partial charge is 0.477 e. The van der Waals surface area contributed by atoms with Gasteiger partial charge in [-0.15, -0.1) is 34.7 Å². The zero-order valence-corrected chi connectivity index (χ0v) is 16.5. The smallest absolute Gasteiger partial charge is 0.353 e. The lowest BCUT2D eigenvalue weighted by molar-refractivity contribution is -0.150. The Labute approximate surface area is 171 Å². The highest BCUT2D eigenvalue weighted by molar-refractivity contribution is 8.00. The van der Waals surface area contributed by atoms with Gasteiger partial charge in [-0.05, 0) is 0 Å². The molecule has 2 atom stereocenters. The predicted molar refractivity (Wildman–Crippen MR) is 101 cm³/mol. The molecule has 9 nitrogen and oxygen atoms in total. The second-order valence-corrected chi connectivity index (χ2v) is 8.45. The number of carboxylic acid groups (broad SMARTS) is 1. The third-order valence-electron chi connectivity index (χ3n) is 3.70. The molecule has 0 saturated carbocycles. The summed E-state index contributed by atoms with van der Waals surface area (Å²) in [4.78, 5) is 52.7. The van der Waals surface area contributed by atoms with Crippen molar-refractivity contribution < 1.29 is 24.3 Å². The van der Waals surface area contributed by atoms with Crippen LogP contribution in [0.1, 0.15) is 4.88 Å². The molecule has 3 rings (SSSR count). The molecule has 1 fully saturated rings. The van der Waals surface area contributed by atoms with Crippen LogP contribution in [0.2, 0.25) is 0 Å². The number of alkyl halides is 1. The van der Waals surface area contributed by atoms with Crippen molar-refractivity contribution in [3.05, 3.63) is 21.8 Å².